The van der Waals surface area contributed by atoms with Gasteiger partial charge in [0.2, 0.25) is 5.91 Å². The molecule has 5 fully saturated rings. The molecular formula is C34H53N3O7. The van der Waals surface area contributed by atoms with Crippen molar-refractivity contribution in [2.45, 2.75) is 121 Å². The maximum atomic E-state index is 12.6. The predicted molar refractivity (Wildman–Crippen MR) is 167 cm³/mol. The number of nitrogens with one attached hydrogen (secondary N) is 1. The van der Waals surface area contributed by atoms with Crippen LogP contribution < -0.4 is 5.32 Å². The highest BCUT2D eigenvalue weighted by Gasteiger charge is 2.53. The molecule has 0 aromatic heterocycles. The number of allylic oxidation sites excluding steroid dienone is 2. The fourth-order valence-electron chi connectivity index (χ4n) is 6.97. The maximum Gasteiger partial charge on any atom is 0.410 e. The first-order valence-electron chi connectivity index (χ1n) is 16.7. The van der Waals surface area contributed by atoms with Crippen molar-refractivity contribution in [2.75, 3.05) is 46.0 Å². The second kappa shape index (κ2) is 14.9. The topological polar surface area (TPSA) is 102 Å². The van der Waals surface area contributed by atoms with E-state index in [1.54, 1.807) is 17.9 Å². The van der Waals surface area contributed by atoms with Gasteiger partial charge in [-0.15, -0.1) is 0 Å². The van der Waals surface area contributed by atoms with Crippen molar-refractivity contribution in [1.82, 2.24) is 15.1 Å². The van der Waals surface area contributed by atoms with Crippen LogP contribution in [0.4, 0.5) is 4.79 Å². The monoisotopic (exact) mass is 615 g/mol. The largest absolute Gasteiger partial charge is 0.442 e. The number of epoxide rings is 1. The molecule has 10 nitrogen and oxygen atoms in total. The van der Waals surface area contributed by atoms with E-state index in [0.29, 0.717) is 38.8 Å². The number of ether oxygens (including phenoxy) is 5. The molecule has 2 amide bonds. The van der Waals surface area contributed by atoms with Gasteiger partial charge in [0.15, 0.2) is 6.29 Å². The normalized spacial score (nSPS) is 32.7. The van der Waals surface area contributed by atoms with E-state index in [1.165, 1.54) is 38.2 Å². The van der Waals surface area contributed by atoms with Crippen molar-refractivity contribution in [3.8, 4) is 0 Å². The minimum atomic E-state index is -0.503. The van der Waals surface area contributed by atoms with Gasteiger partial charge in [0.25, 0.3) is 0 Å². The van der Waals surface area contributed by atoms with E-state index >= 15 is 0 Å². The number of carbonyl (C=O) groups is 2. The third-order valence-corrected chi connectivity index (χ3v) is 9.33. The highest BCUT2D eigenvalue weighted by molar-refractivity contribution is 5.87. The van der Waals surface area contributed by atoms with Crippen LogP contribution in [0.2, 0.25) is 0 Å². The maximum absolute atomic E-state index is 12.6. The molecule has 246 valence electrons. The summed E-state index contributed by atoms with van der Waals surface area (Å²) in [5, 5.41) is 2.90. The van der Waals surface area contributed by atoms with Crippen LogP contribution in [-0.4, -0.2) is 110 Å². The van der Waals surface area contributed by atoms with Gasteiger partial charge in [-0.3, -0.25) is 9.69 Å². The summed E-state index contributed by atoms with van der Waals surface area (Å²) in [5.41, 5.74) is 0.948. The molecule has 1 saturated carbocycles. The molecule has 1 N–H and O–H groups in total. The summed E-state index contributed by atoms with van der Waals surface area (Å²) < 4.78 is 29.2. The second-order valence-corrected chi connectivity index (χ2v) is 13.9. The summed E-state index contributed by atoms with van der Waals surface area (Å²) in [6.07, 6.45) is 17.2. The Kier molecular flexibility index (Phi) is 11.2. The molecule has 44 heavy (non-hydrogen) atoms. The Bertz CT molecular complexity index is 1060. The summed E-state index contributed by atoms with van der Waals surface area (Å²) in [4.78, 5) is 29.4. The van der Waals surface area contributed by atoms with Gasteiger partial charge in [-0.1, -0.05) is 43.1 Å². The summed E-state index contributed by atoms with van der Waals surface area (Å²) in [6.45, 7) is 12.8. The first-order chi connectivity index (χ1) is 21.1. The summed E-state index contributed by atoms with van der Waals surface area (Å²) >= 11 is 0. The fourth-order valence-corrected chi connectivity index (χ4v) is 6.97. The van der Waals surface area contributed by atoms with E-state index in [9.17, 15) is 9.59 Å². The lowest BCUT2D eigenvalue weighted by atomic mass is 9.85. The van der Waals surface area contributed by atoms with E-state index in [4.69, 9.17) is 23.7 Å². The molecule has 0 bridgehead atoms. The number of carbonyl (C=O) groups excluding carboxylic acids is 2. The third kappa shape index (κ3) is 9.88. The summed E-state index contributed by atoms with van der Waals surface area (Å²) in [5.74, 6) is -0.267. The van der Waals surface area contributed by atoms with Crippen LogP contribution in [0.15, 0.2) is 36.0 Å². The Morgan fingerprint density at radius 2 is 1.75 bits per heavy atom. The van der Waals surface area contributed by atoms with Crippen LogP contribution >= 0.6 is 0 Å². The van der Waals surface area contributed by atoms with Crippen molar-refractivity contribution in [2.24, 2.45) is 0 Å². The zero-order chi connectivity index (χ0) is 31.2. The smallest absolute Gasteiger partial charge is 0.410 e. The van der Waals surface area contributed by atoms with Crippen LogP contribution in [-0.2, 0) is 28.5 Å². The highest BCUT2D eigenvalue weighted by Crippen LogP contribution is 2.46. The minimum absolute atomic E-state index is 0.00875. The van der Waals surface area contributed by atoms with Gasteiger partial charge in [-0.05, 0) is 46.6 Å². The molecule has 0 aromatic rings. The molecule has 1 aliphatic carbocycles. The SMILES string of the molecule is CC(/C=C/[C@H]1C[C@]2(CO2)CC(C)(C)O1)=C\CC1OCC(NC(=O)/C=C/[C@@H](C)OC(=O)N2CCN(C3CCCCC3)CC2)CO1. The Labute approximate surface area is 263 Å². The molecule has 5 aliphatic rings. The van der Waals surface area contributed by atoms with Gasteiger partial charge < -0.3 is 33.9 Å². The quantitative estimate of drug-likeness (QED) is 0.230. The molecule has 1 spiro atoms. The lowest BCUT2D eigenvalue weighted by Gasteiger charge is -2.40. The van der Waals surface area contributed by atoms with Crippen LogP contribution in [0, 0.1) is 0 Å². The molecule has 10 heteroatoms. The number of piperazine rings is 1. The molecule has 0 radical (unpaired) electrons. The van der Waals surface area contributed by atoms with Gasteiger partial charge in [-0.2, -0.15) is 0 Å². The van der Waals surface area contributed by atoms with Crippen molar-refractivity contribution in [3.05, 3.63) is 36.0 Å². The molecule has 5 rings (SSSR count). The van der Waals surface area contributed by atoms with Crippen molar-refractivity contribution < 1.29 is 33.3 Å². The zero-order valence-corrected chi connectivity index (χ0v) is 27.1. The molecule has 0 unspecified atom stereocenters. The van der Waals surface area contributed by atoms with Crippen LogP contribution in [0.5, 0.6) is 0 Å². The van der Waals surface area contributed by atoms with Crippen LogP contribution in [0.1, 0.15) is 79.1 Å². The van der Waals surface area contributed by atoms with Crippen LogP contribution in [0.3, 0.4) is 0 Å². The Balaban J connectivity index is 0.949. The number of hydrogen-bond donors (Lipinski definition) is 1. The number of amides is 2. The van der Waals surface area contributed by atoms with Gasteiger partial charge in [0.05, 0.1) is 43.2 Å². The van der Waals surface area contributed by atoms with Crippen LogP contribution in [0.25, 0.3) is 0 Å². The minimum Gasteiger partial charge on any atom is -0.442 e. The van der Waals surface area contributed by atoms with Crippen molar-refractivity contribution in [3.63, 3.8) is 0 Å². The molecule has 4 heterocycles. The lowest BCUT2D eigenvalue weighted by molar-refractivity contribution is -0.187. The number of nitrogens with zero attached hydrogens (tertiary/aromatic N) is 2. The average molecular weight is 616 g/mol. The van der Waals surface area contributed by atoms with Crippen molar-refractivity contribution >= 4 is 12.0 Å². The first-order valence-corrected chi connectivity index (χ1v) is 16.7. The first kappa shape index (κ1) is 33.1. The molecule has 3 atom stereocenters. The summed E-state index contributed by atoms with van der Waals surface area (Å²) in [6, 6.07) is 0.429. The lowest BCUT2D eigenvalue weighted by Crippen LogP contribution is -2.52. The molecule has 4 aliphatic heterocycles. The summed E-state index contributed by atoms with van der Waals surface area (Å²) in [7, 11) is 0. The van der Waals surface area contributed by atoms with Gasteiger partial charge in [0.1, 0.15) is 6.10 Å². The highest BCUT2D eigenvalue weighted by atomic mass is 16.7. The Morgan fingerprint density at radius 1 is 1.05 bits per heavy atom. The van der Waals surface area contributed by atoms with E-state index in [2.05, 4.69) is 49.2 Å². The molecule has 4 saturated heterocycles. The standard InChI is InChI=1S/C34H53N3O7/c1-25(10-13-29-20-34(24-42-34)23-33(3,4)44-29)11-15-31-40-21-27(22-41-31)35-30(38)14-12-26(2)43-32(39)37-18-16-36(17-19-37)28-8-6-5-7-9-28/h10-14,26-29,31H,5-9,15-24H2,1-4H3,(H,35,38)/b13-10+,14-12+,25-11+/t26-,27?,29+,31?,34-/m1/s1. The second-order valence-electron chi connectivity index (χ2n) is 13.9. The van der Waals surface area contributed by atoms with E-state index < -0.39 is 6.10 Å². The van der Waals surface area contributed by atoms with Gasteiger partial charge >= 0.3 is 6.09 Å². The van der Waals surface area contributed by atoms with E-state index in [1.807, 2.05) is 0 Å². The fraction of sp³-hybridized carbons (Fsp3) is 0.765. The predicted octanol–water partition coefficient (Wildman–Crippen LogP) is 4.49. The zero-order valence-electron chi connectivity index (χ0n) is 27.1. The Hall–Kier alpha value is -2.24. The molecule has 0 aromatic carbocycles. The molecular weight excluding hydrogens is 562 g/mol. The van der Waals surface area contributed by atoms with Crippen molar-refractivity contribution in [1.29, 1.82) is 0 Å². The Morgan fingerprint density at radius 3 is 2.43 bits per heavy atom. The average Bonchev–Trinajstić information content (AvgIpc) is 3.75. The van der Waals surface area contributed by atoms with E-state index in [-0.39, 0.29) is 41.6 Å². The van der Waals surface area contributed by atoms with Gasteiger partial charge in [-0.25, -0.2) is 4.79 Å². The third-order valence-electron chi connectivity index (χ3n) is 9.33. The number of hydrogen-bond acceptors (Lipinski definition) is 8. The number of rotatable bonds is 9. The van der Waals surface area contributed by atoms with Gasteiger partial charge in [0, 0.05) is 57.6 Å². The van der Waals surface area contributed by atoms with E-state index in [0.717, 1.165) is 38.1 Å².